The molecule has 0 saturated carbocycles. The van der Waals surface area contributed by atoms with E-state index < -0.39 is 11.9 Å². The number of methoxy groups -OCH3 is 1. The van der Waals surface area contributed by atoms with Crippen LogP contribution in [-0.4, -0.2) is 37.5 Å². The number of carbonyl (C=O) groups is 1. The zero-order chi connectivity index (χ0) is 13.8. The highest BCUT2D eigenvalue weighted by Crippen LogP contribution is 2.32. The third kappa shape index (κ3) is 3.17. The fourth-order valence-corrected chi connectivity index (χ4v) is 1.98. The molecule has 0 aromatic heterocycles. The molecule has 1 aromatic carbocycles. The molecular formula is C14H18O5. The van der Waals surface area contributed by atoms with E-state index in [4.69, 9.17) is 19.3 Å². The Labute approximate surface area is 112 Å². The number of carboxylic acid groups (broad SMARTS) is 1. The molecule has 0 aliphatic carbocycles. The molecule has 2 atom stereocenters. The highest BCUT2D eigenvalue weighted by molar-refractivity contribution is 5.75. The molecule has 1 saturated heterocycles. The van der Waals surface area contributed by atoms with Crippen molar-refractivity contribution in [2.24, 2.45) is 0 Å². The summed E-state index contributed by atoms with van der Waals surface area (Å²) in [7, 11) is 1.54. The highest BCUT2D eigenvalue weighted by Gasteiger charge is 2.20. The zero-order valence-electron chi connectivity index (χ0n) is 11.1. The Balaban J connectivity index is 2.18. The third-order valence-electron chi connectivity index (χ3n) is 3.24. The lowest BCUT2D eigenvalue weighted by molar-refractivity contribution is -0.138. The first kappa shape index (κ1) is 13.7. The second-order valence-corrected chi connectivity index (χ2v) is 4.57. The number of hydrogen-bond acceptors (Lipinski definition) is 4. The van der Waals surface area contributed by atoms with Gasteiger partial charge in [-0.3, -0.25) is 4.79 Å². The van der Waals surface area contributed by atoms with E-state index in [1.165, 1.54) is 0 Å². The molecule has 1 fully saturated rings. The monoisotopic (exact) mass is 266 g/mol. The SMILES string of the molecule is COc1cc(C(C)C(=O)O)ccc1OC1CCOC1. The molecule has 1 N–H and O–H groups in total. The van der Waals surface area contributed by atoms with Gasteiger partial charge in [-0.2, -0.15) is 0 Å². The van der Waals surface area contributed by atoms with E-state index in [9.17, 15) is 4.79 Å². The van der Waals surface area contributed by atoms with Crippen molar-refractivity contribution in [3.63, 3.8) is 0 Å². The summed E-state index contributed by atoms with van der Waals surface area (Å²) in [4.78, 5) is 11.0. The highest BCUT2D eigenvalue weighted by atomic mass is 16.6. The van der Waals surface area contributed by atoms with E-state index in [2.05, 4.69) is 0 Å². The van der Waals surface area contributed by atoms with E-state index in [0.29, 0.717) is 30.3 Å². The summed E-state index contributed by atoms with van der Waals surface area (Å²) in [6.45, 7) is 2.93. The Morgan fingerprint density at radius 2 is 2.26 bits per heavy atom. The standard InChI is InChI=1S/C14H18O5/c1-9(14(15)16)10-3-4-12(13(7-10)17-2)19-11-5-6-18-8-11/h3-4,7,9,11H,5-6,8H2,1-2H3,(H,15,16). The van der Waals surface area contributed by atoms with Crippen LogP contribution in [0.25, 0.3) is 0 Å². The minimum Gasteiger partial charge on any atom is -0.493 e. The first-order chi connectivity index (χ1) is 9.11. The van der Waals surface area contributed by atoms with Crippen LogP contribution in [0.15, 0.2) is 18.2 Å². The lowest BCUT2D eigenvalue weighted by Gasteiger charge is -2.16. The van der Waals surface area contributed by atoms with Crippen molar-refractivity contribution < 1.29 is 24.1 Å². The molecule has 1 aliphatic rings. The fraction of sp³-hybridized carbons (Fsp3) is 0.500. The molecule has 0 radical (unpaired) electrons. The van der Waals surface area contributed by atoms with Gasteiger partial charge in [-0.05, 0) is 24.6 Å². The van der Waals surface area contributed by atoms with Gasteiger partial charge in [0.2, 0.25) is 0 Å². The predicted molar refractivity (Wildman–Crippen MR) is 68.9 cm³/mol. The van der Waals surface area contributed by atoms with Gasteiger partial charge >= 0.3 is 5.97 Å². The van der Waals surface area contributed by atoms with Gasteiger partial charge in [-0.1, -0.05) is 6.07 Å². The molecule has 0 amide bonds. The predicted octanol–water partition coefficient (Wildman–Crippen LogP) is 2.05. The van der Waals surface area contributed by atoms with Crippen LogP contribution in [0.5, 0.6) is 11.5 Å². The Kier molecular flexibility index (Phi) is 4.27. The summed E-state index contributed by atoms with van der Waals surface area (Å²) in [6, 6.07) is 5.22. The van der Waals surface area contributed by atoms with Crippen molar-refractivity contribution in [3.05, 3.63) is 23.8 Å². The van der Waals surface area contributed by atoms with E-state index in [-0.39, 0.29) is 6.10 Å². The maximum atomic E-state index is 11.0. The van der Waals surface area contributed by atoms with Gasteiger partial charge in [0.15, 0.2) is 11.5 Å². The second kappa shape index (κ2) is 5.93. The molecule has 2 unspecified atom stereocenters. The average Bonchev–Trinajstić information content (AvgIpc) is 2.91. The summed E-state index contributed by atoms with van der Waals surface area (Å²) in [5.74, 6) is -0.255. The molecule has 5 nitrogen and oxygen atoms in total. The van der Waals surface area contributed by atoms with Crippen molar-refractivity contribution in [3.8, 4) is 11.5 Å². The van der Waals surface area contributed by atoms with E-state index in [1.54, 1.807) is 32.2 Å². The molecule has 19 heavy (non-hydrogen) atoms. The molecule has 5 heteroatoms. The van der Waals surface area contributed by atoms with Gasteiger partial charge in [0.25, 0.3) is 0 Å². The van der Waals surface area contributed by atoms with E-state index in [0.717, 1.165) is 6.42 Å². The molecule has 2 rings (SSSR count). The fourth-order valence-electron chi connectivity index (χ4n) is 1.98. The van der Waals surface area contributed by atoms with Crippen molar-refractivity contribution in [2.45, 2.75) is 25.4 Å². The van der Waals surface area contributed by atoms with Crippen LogP contribution in [0.3, 0.4) is 0 Å². The summed E-state index contributed by atoms with van der Waals surface area (Å²) in [6.07, 6.45) is 0.896. The minimum absolute atomic E-state index is 0.0386. The molecule has 0 bridgehead atoms. The summed E-state index contributed by atoms with van der Waals surface area (Å²) < 4.78 is 16.3. The average molecular weight is 266 g/mol. The van der Waals surface area contributed by atoms with E-state index >= 15 is 0 Å². The van der Waals surface area contributed by atoms with Gasteiger partial charge in [0.1, 0.15) is 6.10 Å². The topological polar surface area (TPSA) is 65.0 Å². The van der Waals surface area contributed by atoms with Crippen LogP contribution >= 0.6 is 0 Å². The Bertz CT molecular complexity index is 451. The Morgan fingerprint density at radius 1 is 1.47 bits per heavy atom. The van der Waals surface area contributed by atoms with Gasteiger partial charge in [-0.25, -0.2) is 0 Å². The lowest BCUT2D eigenvalue weighted by atomic mass is 10.0. The smallest absolute Gasteiger partial charge is 0.310 e. The van der Waals surface area contributed by atoms with Gasteiger partial charge in [0.05, 0.1) is 26.2 Å². The van der Waals surface area contributed by atoms with Crippen molar-refractivity contribution >= 4 is 5.97 Å². The van der Waals surface area contributed by atoms with Crippen molar-refractivity contribution in [1.29, 1.82) is 0 Å². The summed E-state index contributed by atoms with van der Waals surface area (Å²) in [5, 5.41) is 9.01. The van der Waals surface area contributed by atoms with Crippen LogP contribution in [0.4, 0.5) is 0 Å². The molecule has 104 valence electrons. The quantitative estimate of drug-likeness (QED) is 0.883. The van der Waals surface area contributed by atoms with Crippen LogP contribution < -0.4 is 9.47 Å². The molecular weight excluding hydrogens is 248 g/mol. The number of benzene rings is 1. The van der Waals surface area contributed by atoms with Crippen LogP contribution in [0.2, 0.25) is 0 Å². The molecule has 0 spiro atoms. The molecule has 1 heterocycles. The zero-order valence-corrected chi connectivity index (χ0v) is 11.1. The molecule has 1 aromatic rings. The molecule has 1 aliphatic heterocycles. The van der Waals surface area contributed by atoms with Gasteiger partial charge in [-0.15, -0.1) is 0 Å². The first-order valence-corrected chi connectivity index (χ1v) is 6.27. The Hall–Kier alpha value is -1.75. The minimum atomic E-state index is -0.861. The van der Waals surface area contributed by atoms with Crippen LogP contribution in [0.1, 0.15) is 24.8 Å². The number of hydrogen-bond donors (Lipinski definition) is 1. The normalized spacial score (nSPS) is 20.0. The summed E-state index contributed by atoms with van der Waals surface area (Å²) in [5.41, 5.74) is 0.694. The number of aliphatic carboxylic acids is 1. The third-order valence-corrected chi connectivity index (χ3v) is 3.24. The Morgan fingerprint density at radius 3 is 2.84 bits per heavy atom. The number of ether oxygens (including phenoxy) is 3. The van der Waals surface area contributed by atoms with Gasteiger partial charge in [0, 0.05) is 6.42 Å². The van der Waals surface area contributed by atoms with Crippen molar-refractivity contribution in [2.75, 3.05) is 20.3 Å². The largest absolute Gasteiger partial charge is 0.493 e. The first-order valence-electron chi connectivity index (χ1n) is 6.27. The summed E-state index contributed by atoms with van der Waals surface area (Å²) >= 11 is 0. The van der Waals surface area contributed by atoms with Crippen LogP contribution in [-0.2, 0) is 9.53 Å². The maximum Gasteiger partial charge on any atom is 0.310 e. The van der Waals surface area contributed by atoms with E-state index in [1.807, 2.05) is 0 Å². The maximum absolute atomic E-state index is 11.0. The van der Waals surface area contributed by atoms with Crippen LogP contribution in [0, 0.1) is 0 Å². The number of carboxylic acids is 1. The van der Waals surface area contributed by atoms with Gasteiger partial charge < -0.3 is 19.3 Å². The lowest BCUT2D eigenvalue weighted by Crippen LogP contribution is -2.16. The second-order valence-electron chi connectivity index (χ2n) is 4.57. The van der Waals surface area contributed by atoms with Crippen molar-refractivity contribution in [1.82, 2.24) is 0 Å². The number of rotatable bonds is 5.